The van der Waals surface area contributed by atoms with Crippen molar-refractivity contribution >= 4 is 23.6 Å². The SMILES string of the molecule is C=CC(C)SCC(NC(C)=O)C(=O)O. The molecule has 14 heavy (non-hydrogen) atoms. The van der Waals surface area contributed by atoms with E-state index in [4.69, 9.17) is 5.11 Å². The maximum atomic E-state index is 10.7. The van der Waals surface area contributed by atoms with Crippen molar-refractivity contribution in [2.45, 2.75) is 25.1 Å². The summed E-state index contributed by atoms with van der Waals surface area (Å²) in [6.45, 7) is 6.81. The summed E-state index contributed by atoms with van der Waals surface area (Å²) < 4.78 is 0. The molecule has 0 aliphatic carbocycles. The highest BCUT2D eigenvalue weighted by molar-refractivity contribution is 8.00. The highest BCUT2D eigenvalue weighted by Crippen LogP contribution is 2.12. The number of carbonyl (C=O) groups excluding carboxylic acids is 1. The molecule has 0 aromatic rings. The zero-order valence-electron chi connectivity index (χ0n) is 8.32. The number of aliphatic carboxylic acids is 1. The van der Waals surface area contributed by atoms with Crippen LogP contribution in [0.1, 0.15) is 13.8 Å². The summed E-state index contributed by atoms with van der Waals surface area (Å²) >= 11 is 1.44. The number of carboxylic acids is 1. The summed E-state index contributed by atoms with van der Waals surface area (Å²) in [6.07, 6.45) is 1.73. The number of carbonyl (C=O) groups is 2. The van der Waals surface area contributed by atoms with Crippen LogP contribution in [0.2, 0.25) is 0 Å². The Morgan fingerprint density at radius 1 is 1.64 bits per heavy atom. The number of rotatable bonds is 6. The Labute approximate surface area is 87.8 Å². The molecule has 0 heterocycles. The fourth-order valence-electron chi connectivity index (χ4n) is 0.736. The van der Waals surface area contributed by atoms with E-state index in [0.29, 0.717) is 5.75 Å². The van der Waals surface area contributed by atoms with Gasteiger partial charge in [-0.25, -0.2) is 4.79 Å². The number of nitrogens with one attached hydrogen (secondary N) is 1. The lowest BCUT2D eigenvalue weighted by Gasteiger charge is -2.14. The summed E-state index contributed by atoms with van der Waals surface area (Å²) in [5.41, 5.74) is 0. The van der Waals surface area contributed by atoms with E-state index in [0.717, 1.165) is 0 Å². The molecule has 5 heteroatoms. The molecule has 1 amide bonds. The van der Waals surface area contributed by atoms with Crippen LogP contribution in [0, 0.1) is 0 Å². The minimum atomic E-state index is -1.01. The van der Waals surface area contributed by atoms with E-state index in [9.17, 15) is 9.59 Å². The van der Waals surface area contributed by atoms with Crippen LogP contribution in [0.5, 0.6) is 0 Å². The summed E-state index contributed by atoms with van der Waals surface area (Å²) in [7, 11) is 0. The summed E-state index contributed by atoms with van der Waals surface area (Å²) in [6, 6.07) is -0.820. The van der Waals surface area contributed by atoms with E-state index >= 15 is 0 Å². The van der Waals surface area contributed by atoms with Crippen LogP contribution in [-0.4, -0.2) is 34.0 Å². The Kier molecular flexibility index (Phi) is 6.03. The number of hydrogen-bond acceptors (Lipinski definition) is 3. The minimum Gasteiger partial charge on any atom is -0.480 e. The van der Waals surface area contributed by atoms with E-state index in [1.807, 2.05) is 6.92 Å². The lowest BCUT2D eigenvalue weighted by atomic mass is 10.3. The predicted molar refractivity (Wildman–Crippen MR) is 57.4 cm³/mol. The van der Waals surface area contributed by atoms with Crippen molar-refractivity contribution in [3.8, 4) is 0 Å². The molecule has 2 unspecified atom stereocenters. The molecule has 2 N–H and O–H groups in total. The Hall–Kier alpha value is -0.970. The van der Waals surface area contributed by atoms with E-state index in [2.05, 4.69) is 11.9 Å². The van der Waals surface area contributed by atoms with Gasteiger partial charge in [0.05, 0.1) is 0 Å². The third-order valence-electron chi connectivity index (χ3n) is 1.53. The normalized spacial score (nSPS) is 14.1. The zero-order chi connectivity index (χ0) is 11.1. The van der Waals surface area contributed by atoms with Gasteiger partial charge >= 0.3 is 5.97 Å². The Morgan fingerprint density at radius 3 is 2.57 bits per heavy atom. The van der Waals surface area contributed by atoms with Crippen LogP contribution in [0.25, 0.3) is 0 Å². The van der Waals surface area contributed by atoms with Crippen LogP contribution >= 0.6 is 11.8 Å². The molecule has 0 aromatic heterocycles. The standard InChI is InChI=1S/C9H15NO3S/c1-4-6(2)14-5-8(9(12)13)10-7(3)11/h4,6,8H,1,5H2,2-3H3,(H,10,11)(H,12,13). The molecular weight excluding hydrogens is 202 g/mol. The van der Waals surface area contributed by atoms with Gasteiger partial charge in [0.2, 0.25) is 5.91 Å². The van der Waals surface area contributed by atoms with Gasteiger partial charge in [0.15, 0.2) is 0 Å². The van der Waals surface area contributed by atoms with Crippen LogP contribution in [0.15, 0.2) is 12.7 Å². The molecule has 2 atom stereocenters. The average molecular weight is 217 g/mol. The summed E-state index contributed by atoms with van der Waals surface area (Å²) in [5.74, 6) is -0.990. The van der Waals surface area contributed by atoms with Crippen molar-refractivity contribution in [1.29, 1.82) is 0 Å². The average Bonchev–Trinajstić information content (AvgIpc) is 2.10. The smallest absolute Gasteiger partial charge is 0.327 e. The maximum Gasteiger partial charge on any atom is 0.327 e. The first-order valence-corrected chi connectivity index (χ1v) is 5.26. The van der Waals surface area contributed by atoms with Gasteiger partial charge in [0.1, 0.15) is 6.04 Å². The van der Waals surface area contributed by atoms with E-state index in [1.165, 1.54) is 18.7 Å². The largest absolute Gasteiger partial charge is 0.480 e. The molecule has 0 bridgehead atoms. The van der Waals surface area contributed by atoms with Crippen molar-refractivity contribution < 1.29 is 14.7 Å². The highest BCUT2D eigenvalue weighted by atomic mass is 32.2. The topological polar surface area (TPSA) is 66.4 Å². The number of amides is 1. The quantitative estimate of drug-likeness (QED) is 0.648. The Balaban J connectivity index is 4.03. The van der Waals surface area contributed by atoms with Gasteiger partial charge in [-0.1, -0.05) is 6.08 Å². The molecule has 0 aliphatic heterocycles. The lowest BCUT2D eigenvalue weighted by molar-refractivity contribution is -0.140. The second-order valence-electron chi connectivity index (χ2n) is 2.87. The van der Waals surface area contributed by atoms with Gasteiger partial charge in [0.25, 0.3) is 0 Å². The van der Waals surface area contributed by atoms with Gasteiger partial charge < -0.3 is 10.4 Å². The number of thioether (sulfide) groups is 1. The van der Waals surface area contributed by atoms with Crippen LogP contribution in [0.3, 0.4) is 0 Å². The first-order valence-electron chi connectivity index (χ1n) is 4.21. The second-order valence-corrected chi connectivity index (χ2v) is 4.28. The van der Waals surface area contributed by atoms with E-state index in [-0.39, 0.29) is 11.2 Å². The van der Waals surface area contributed by atoms with Crippen molar-refractivity contribution in [2.75, 3.05) is 5.75 Å². The third kappa shape index (κ3) is 5.64. The lowest BCUT2D eigenvalue weighted by Crippen LogP contribution is -2.41. The molecule has 80 valence electrons. The fraction of sp³-hybridized carbons (Fsp3) is 0.556. The summed E-state index contributed by atoms with van der Waals surface area (Å²) in [4.78, 5) is 21.4. The van der Waals surface area contributed by atoms with Crippen molar-refractivity contribution in [3.05, 3.63) is 12.7 Å². The first-order chi connectivity index (χ1) is 6.47. The highest BCUT2D eigenvalue weighted by Gasteiger charge is 2.18. The zero-order valence-corrected chi connectivity index (χ0v) is 9.13. The molecule has 0 aromatic carbocycles. The van der Waals surface area contributed by atoms with Crippen LogP contribution in [0.4, 0.5) is 0 Å². The van der Waals surface area contributed by atoms with Gasteiger partial charge in [-0.2, -0.15) is 11.8 Å². The molecular formula is C9H15NO3S. The molecule has 0 spiro atoms. The van der Waals surface area contributed by atoms with Gasteiger partial charge in [-0.05, 0) is 6.92 Å². The molecule has 4 nitrogen and oxygen atoms in total. The van der Waals surface area contributed by atoms with Gasteiger partial charge in [-0.3, -0.25) is 4.79 Å². The molecule has 0 aliphatic rings. The number of carboxylic acid groups (broad SMARTS) is 1. The van der Waals surface area contributed by atoms with Crippen molar-refractivity contribution in [1.82, 2.24) is 5.32 Å². The summed E-state index contributed by atoms with van der Waals surface area (Å²) in [5, 5.41) is 11.3. The molecule has 0 saturated carbocycles. The second kappa shape index (κ2) is 6.48. The maximum absolute atomic E-state index is 10.7. The van der Waals surface area contributed by atoms with Gasteiger partial charge in [0, 0.05) is 17.9 Å². The predicted octanol–water partition coefficient (Wildman–Crippen LogP) is 0.883. The first kappa shape index (κ1) is 13.0. The van der Waals surface area contributed by atoms with Gasteiger partial charge in [-0.15, -0.1) is 6.58 Å². The fourth-order valence-corrected chi connectivity index (χ4v) is 1.59. The molecule has 0 saturated heterocycles. The monoisotopic (exact) mass is 217 g/mol. The van der Waals surface area contributed by atoms with E-state index in [1.54, 1.807) is 6.08 Å². The van der Waals surface area contributed by atoms with Crippen molar-refractivity contribution in [3.63, 3.8) is 0 Å². The minimum absolute atomic E-state index is 0.186. The molecule has 0 rings (SSSR count). The Morgan fingerprint density at radius 2 is 2.21 bits per heavy atom. The van der Waals surface area contributed by atoms with Crippen LogP contribution < -0.4 is 5.32 Å². The third-order valence-corrected chi connectivity index (χ3v) is 2.78. The molecule has 0 radical (unpaired) electrons. The van der Waals surface area contributed by atoms with Crippen molar-refractivity contribution in [2.24, 2.45) is 0 Å². The molecule has 0 fully saturated rings. The Bertz CT molecular complexity index is 230. The van der Waals surface area contributed by atoms with Crippen LogP contribution in [-0.2, 0) is 9.59 Å². The van der Waals surface area contributed by atoms with E-state index < -0.39 is 12.0 Å². The number of hydrogen-bond donors (Lipinski definition) is 2.